The summed E-state index contributed by atoms with van der Waals surface area (Å²) in [5.41, 5.74) is 4.11. The number of aliphatic imine (C=N–C) groups is 1. The number of rotatable bonds is 5. The molecule has 0 amide bonds. The van der Waals surface area contributed by atoms with E-state index in [1.165, 1.54) is 21.0 Å². The van der Waals surface area contributed by atoms with E-state index in [1.807, 2.05) is 7.05 Å². The first-order chi connectivity index (χ1) is 11.2. The fraction of sp³-hybridized carbons (Fsp3) is 0.444. The van der Waals surface area contributed by atoms with Gasteiger partial charge in [-0.3, -0.25) is 4.99 Å². The minimum absolute atomic E-state index is 0. The van der Waals surface area contributed by atoms with E-state index in [0.717, 1.165) is 37.6 Å². The fourth-order valence-electron chi connectivity index (χ4n) is 2.92. The third-order valence-electron chi connectivity index (χ3n) is 4.40. The maximum Gasteiger partial charge on any atom is 0.191 e. The Balaban J connectivity index is 0.00000208. The van der Waals surface area contributed by atoms with Gasteiger partial charge in [0.25, 0.3) is 0 Å². The van der Waals surface area contributed by atoms with Crippen LogP contribution >= 0.6 is 35.3 Å². The predicted octanol–water partition coefficient (Wildman–Crippen LogP) is 3.43. The van der Waals surface area contributed by atoms with Crippen LogP contribution in [0.5, 0.6) is 0 Å². The molecule has 1 aliphatic carbocycles. The summed E-state index contributed by atoms with van der Waals surface area (Å²) in [5.74, 6) is 1.48. The minimum atomic E-state index is 0. The van der Waals surface area contributed by atoms with Crippen LogP contribution in [-0.4, -0.2) is 31.1 Å². The number of aromatic nitrogens is 1. The second kappa shape index (κ2) is 8.80. The average molecular weight is 456 g/mol. The van der Waals surface area contributed by atoms with Crippen molar-refractivity contribution < 1.29 is 0 Å². The molecule has 0 saturated carbocycles. The molecular formula is C18H25IN4S. The first-order valence-electron chi connectivity index (χ1n) is 8.12. The number of halogens is 1. The van der Waals surface area contributed by atoms with Crippen molar-refractivity contribution in [1.29, 1.82) is 0 Å². The maximum atomic E-state index is 4.57. The van der Waals surface area contributed by atoms with Crippen LogP contribution in [0.1, 0.15) is 32.6 Å². The summed E-state index contributed by atoms with van der Waals surface area (Å²) in [6.45, 7) is 5.99. The van der Waals surface area contributed by atoms with Crippen LogP contribution in [-0.2, 0) is 12.8 Å². The van der Waals surface area contributed by atoms with E-state index in [4.69, 9.17) is 0 Å². The summed E-state index contributed by atoms with van der Waals surface area (Å²) < 4.78 is 0. The highest BCUT2D eigenvalue weighted by Gasteiger charge is 2.25. The number of benzene rings is 1. The summed E-state index contributed by atoms with van der Waals surface area (Å²) in [4.78, 5) is 10.2. The molecule has 1 unspecified atom stereocenters. The molecule has 0 spiro atoms. The third kappa shape index (κ3) is 4.47. The smallest absolute Gasteiger partial charge is 0.191 e. The van der Waals surface area contributed by atoms with E-state index >= 15 is 0 Å². The standard InChI is InChI=1S/C18H24N4S.HI/c1-12-13(2)23-17(22-12)8-9-20-18(19-3)21-11-15-10-14-6-4-5-7-16(14)15;/h4-7,15H,8-11H2,1-3H3,(H2,19,20,21);1H. The molecule has 1 aliphatic rings. The normalized spacial score (nSPS) is 16.0. The molecular weight excluding hydrogens is 431 g/mol. The molecule has 1 aromatic carbocycles. The molecule has 2 N–H and O–H groups in total. The van der Waals surface area contributed by atoms with Crippen LogP contribution in [0.2, 0.25) is 0 Å². The summed E-state index contributed by atoms with van der Waals surface area (Å²) >= 11 is 1.79. The molecule has 130 valence electrons. The lowest BCUT2D eigenvalue weighted by Crippen LogP contribution is -2.41. The Morgan fingerprint density at radius 2 is 2.08 bits per heavy atom. The summed E-state index contributed by atoms with van der Waals surface area (Å²) in [5, 5.41) is 8.01. The van der Waals surface area contributed by atoms with E-state index < -0.39 is 0 Å². The summed E-state index contributed by atoms with van der Waals surface area (Å²) in [6.07, 6.45) is 2.10. The van der Waals surface area contributed by atoms with Crippen LogP contribution in [0.3, 0.4) is 0 Å². The number of hydrogen-bond donors (Lipinski definition) is 2. The zero-order valence-electron chi connectivity index (χ0n) is 14.4. The number of nitrogens with zero attached hydrogens (tertiary/aromatic N) is 2. The van der Waals surface area contributed by atoms with Gasteiger partial charge in [-0.2, -0.15) is 0 Å². The first-order valence-corrected chi connectivity index (χ1v) is 8.94. The van der Waals surface area contributed by atoms with E-state index in [-0.39, 0.29) is 24.0 Å². The number of thiazole rings is 1. The second-order valence-electron chi connectivity index (χ2n) is 5.98. The average Bonchev–Trinajstić information content (AvgIpc) is 2.84. The van der Waals surface area contributed by atoms with Gasteiger partial charge in [0.15, 0.2) is 5.96 Å². The molecule has 6 heteroatoms. The number of guanidine groups is 1. The van der Waals surface area contributed by atoms with Crippen LogP contribution in [0, 0.1) is 13.8 Å². The van der Waals surface area contributed by atoms with E-state index in [1.54, 1.807) is 11.3 Å². The van der Waals surface area contributed by atoms with Crippen molar-refractivity contribution in [2.75, 3.05) is 20.1 Å². The van der Waals surface area contributed by atoms with Gasteiger partial charge in [-0.25, -0.2) is 4.98 Å². The fourth-order valence-corrected chi connectivity index (χ4v) is 3.85. The SMILES string of the molecule is CN=C(NCCc1nc(C)c(C)s1)NCC1Cc2ccccc21.I. The second-order valence-corrected chi connectivity index (χ2v) is 7.27. The Labute approximate surface area is 165 Å². The molecule has 1 aromatic heterocycles. The third-order valence-corrected chi connectivity index (χ3v) is 5.54. The lowest BCUT2D eigenvalue weighted by Gasteiger charge is -2.30. The van der Waals surface area contributed by atoms with Crippen molar-refractivity contribution in [2.24, 2.45) is 4.99 Å². The summed E-state index contributed by atoms with van der Waals surface area (Å²) in [7, 11) is 1.82. The molecule has 1 atom stereocenters. The van der Waals surface area contributed by atoms with Crippen LogP contribution in [0.25, 0.3) is 0 Å². The summed E-state index contributed by atoms with van der Waals surface area (Å²) in [6, 6.07) is 8.69. The van der Waals surface area contributed by atoms with Crippen LogP contribution in [0.4, 0.5) is 0 Å². The van der Waals surface area contributed by atoms with E-state index in [9.17, 15) is 0 Å². The largest absolute Gasteiger partial charge is 0.356 e. The maximum absolute atomic E-state index is 4.57. The Kier molecular flexibility index (Phi) is 7.03. The lowest BCUT2D eigenvalue weighted by molar-refractivity contribution is 0.584. The Morgan fingerprint density at radius 3 is 2.75 bits per heavy atom. The van der Waals surface area contributed by atoms with Crippen molar-refractivity contribution >= 4 is 41.3 Å². The van der Waals surface area contributed by atoms with Gasteiger partial charge in [-0.1, -0.05) is 24.3 Å². The molecule has 1 heterocycles. The van der Waals surface area contributed by atoms with Crippen molar-refractivity contribution in [3.8, 4) is 0 Å². The monoisotopic (exact) mass is 456 g/mol. The molecule has 4 nitrogen and oxygen atoms in total. The topological polar surface area (TPSA) is 49.3 Å². The van der Waals surface area contributed by atoms with E-state index in [0.29, 0.717) is 5.92 Å². The predicted molar refractivity (Wildman–Crippen MR) is 113 cm³/mol. The van der Waals surface area contributed by atoms with Gasteiger partial charge in [-0.05, 0) is 31.4 Å². The molecule has 0 fully saturated rings. The number of nitrogens with one attached hydrogen (secondary N) is 2. The zero-order valence-corrected chi connectivity index (χ0v) is 17.6. The molecule has 2 aromatic rings. The minimum Gasteiger partial charge on any atom is -0.356 e. The van der Waals surface area contributed by atoms with Gasteiger partial charge in [0.2, 0.25) is 0 Å². The van der Waals surface area contributed by atoms with Crippen molar-refractivity contribution in [2.45, 2.75) is 32.6 Å². The lowest BCUT2D eigenvalue weighted by atomic mass is 9.78. The number of fused-ring (bicyclic) bond motifs is 1. The first kappa shape index (κ1) is 19.2. The van der Waals surface area contributed by atoms with Gasteiger partial charge >= 0.3 is 0 Å². The Hall–Kier alpha value is -1.15. The highest BCUT2D eigenvalue weighted by molar-refractivity contribution is 14.0. The van der Waals surface area contributed by atoms with Crippen molar-refractivity contribution in [3.63, 3.8) is 0 Å². The van der Waals surface area contributed by atoms with Crippen LogP contribution in [0.15, 0.2) is 29.3 Å². The molecule has 0 saturated heterocycles. The number of hydrogen-bond acceptors (Lipinski definition) is 3. The van der Waals surface area contributed by atoms with Crippen molar-refractivity contribution in [3.05, 3.63) is 51.0 Å². The van der Waals surface area contributed by atoms with Crippen LogP contribution < -0.4 is 10.6 Å². The van der Waals surface area contributed by atoms with E-state index in [2.05, 4.69) is 58.7 Å². The van der Waals surface area contributed by atoms with Gasteiger partial charge in [0.1, 0.15) is 0 Å². The molecule has 0 aliphatic heterocycles. The van der Waals surface area contributed by atoms with Gasteiger partial charge in [-0.15, -0.1) is 35.3 Å². The molecule has 0 radical (unpaired) electrons. The van der Waals surface area contributed by atoms with Gasteiger partial charge < -0.3 is 10.6 Å². The number of aryl methyl sites for hydroxylation is 2. The van der Waals surface area contributed by atoms with Crippen molar-refractivity contribution in [1.82, 2.24) is 15.6 Å². The molecule has 24 heavy (non-hydrogen) atoms. The highest BCUT2D eigenvalue weighted by atomic mass is 127. The Morgan fingerprint density at radius 1 is 1.29 bits per heavy atom. The van der Waals surface area contributed by atoms with Gasteiger partial charge in [0.05, 0.1) is 10.7 Å². The molecule has 3 rings (SSSR count). The molecule has 0 bridgehead atoms. The van der Waals surface area contributed by atoms with Gasteiger partial charge in [0, 0.05) is 37.4 Å². The Bertz CT molecular complexity index is 691. The zero-order chi connectivity index (χ0) is 16.2. The quantitative estimate of drug-likeness (QED) is 0.412. The highest BCUT2D eigenvalue weighted by Crippen LogP contribution is 2.33.